The maximum atomic E-state index is 12.1. The van der Waals surface area contributed by atoms with Crippen LogP contribution < -0.4 is 20.9 Å². The molecular weight excluding hydrogens is 346 g/mol. The Hall–Kier alpha value is -2.45. The quantitative estimate of drug-likeness (QED) is 0.562. The molecule has 6 nitrogen and oxygen atoms in total. The lowest BCUT2D eigenvalue weighted by atomic mass is 10.2. The van der Waals surface area contributed by atoms with E-state index in [0.29, 0.717) is 22.8 Å². The van der Waals surface area contributed by atoms with E-state index in [1.54, 1.807) is 41.8 Å². The Balaban J connectivity index is 1.85. The van der Waals surface area contributed by atoms with Gasteiger partial charge < -0.3 is 4.74 Å². The van der Waals surface area contributed by atoms with E-state index in [1.165, 1.54) is 11.3 Å². The van der Waals surface area contributed by atoms with E-state index in [1.807, 2.05) is 6.92 Å². The summed E-state index contributed by atoms with van der Waals surface area (Å²) in [6.07, 6.45) is 0.883. The Bertz CT molecular complexity index is 717. The van der Waals surface area contributed by atoms with Gasteiger partial charge in [-0.25, -0.2) is 0 Å². The van der Waals surface area contributed by atoms with E-state index in [9.17, 15) is 9.59 Å². The van der Waals surface area contributed by atoms with E-state index in [4.69, 9.17) is 17.0 Å². The Kier molecular flexibility index (Phi) is 6.71. The molecule has 0 radical (unpaired) electrons. The van der Waals surface area contributed by atoms with Gasteiger partial charge in [-0.1, -0.05) is 19.1 Å². The highest BCUT2D eigenvalue weighted by molar-refractivity contribution is 7.80. The average molecular weight is 363 g/mol. The molecule has 3 N–H and O–H groups in total. The summed E-state index contributed by atoms with van der Waals surface area (Å²) in [5.41, 5.74) is 5.33. The fourth-order valence-electron chi connectivity index (χ4n) is 1.74. The van der Waals surface area contributed by atoms with Crippen LogP contribution in [-0.2, 0) is 0 Å². The first-order chi connectivity index (χ1) is 11.6. The van der Waals surface area contributed by atoms with Crippen molar-refractivity contribution in [3.63, 3.8) is 0 Å². The topological polar surface area (TPSA) is 79.5 Å². The van der Waals surface area contributed by atoms with Crippen molar-refractivity contribution in [3.05, 3.63) is 52.2 Å². The minimum Gasteiger partial charge on any atom is -0.494 e. The van der Waals surface area contributed by atoms with Crippen LogP contribution in [0.5, 0.6) is 5.75 Å². The Morgan fingerprint density at radius 1 is 1.17 bits per heavy atom. The van der Waals surface area contributed by atoms with Gasteiger partial charge in [0.2, 0.25) is 0 Å². The summed E-state index contributed by atoms with van der Waals surface area (Å²) in [6.45, 7) is 2.59. The number of thiocarbonyl (C=S) groups is 1. The summed E-state index contributed by atoms with van der Waals surface area (Å²) in [5.74, 6) is -0.0919. The second kappa shape index (κ2) is 8.99. The van der Waals surface area contributed by atoms with Crippen molar-refractivity contribution >= 4 is 40.5 Å². The van der Waals surface area contributed by atoms with E-state index in [2.05, 4.69) is 16.2 Å². The summed E-state index contributed by atoms with van der Waals surface area (Å²) in [5, 5.41) is 4.29. The molecule has 0 spiro atoms. The van der Waals surface area contributed by atoms with Gasteiger partial charge in [-0.15, -0.1) is 11.3 Å². The maximum Gasteiger partial charge on any atom is 0.279 e. The summed E-state index contributed by atoms with van der Waals surface area (Å²) in [7, 11) is 0. The standard InChI is InChI=1S/C16H17N3O3S2/c1-2-8-22-12-6-3-5-11(10-12)14(20)17-16(23)19-18-15(21)13-7-4-9-24-13/h3-7,9-10H,2,8H2,1H3,(H,18,21)(H2,17,19,20,23). The SMILES string of the molecule is CCCOc1cccc(C(=O)NC(=S)NNC(=O)c2cccs2)c1. The van der Waals surface area contributed by atoms with Crippen LogP contribution in [0.1, 0.15) is 33.4 Å². The van der Waals surface area contributed by atoms with Crippen LogP contribution in [0.4, 0.5) is 0 Å². The smallest absolute Gasteiger partial charge is 0.279 e. The molecule has 1 aromatic carbocycles. The Morgan fingerprint density at radius 2 is 2.00 bits per heavy atom. The van der Waals surface area contributed by atoms with Crippen molar-refractivity contribution in [1.82, 2.24) is 16.2 Å². The second-order valence-electron chi connectivity index (χ2n) is 4.72. The molecule has 0 aliphatic carbocycles. The van der Waals surface area contributed by atoms with Crippen LogP contribution in [0.2, 0.25) is 0 Å². The summed E-state index contributed by atoms with van der Waals surface area (Å²) in [6, 6.07) is 10.3. The molecule has 2 amide bonds. The molecule has 1 aromatic heterocycles. The lowest BCUT2D eigenvalue weighted by Gasteiger charge is -2.11. The van der Waals surface area contributed by atoms with Crippen molar-refractivity contribution in [2.45, 2.75) is 13.3 Å². The second-order valence-corrected chi connectivity index (χ2v) is 6.07. The Labute approximate surface area is 149 Å². The van der Waals surface area contributed by atoms with Crippen LogP contribution in [0.15, 0.2) is 41.8 Å². The highest BCUT2D eigenvalue weighted by Gasteiger charge is 2.10. The predicted molar refractivity (Wildman–Crippen MR) is 97.2 cm³/mol. The van der Waals surface area contributed by atoms with E-state index in [-0.39, 0.29) is 16.9 Å². The van der Waals surface area contributed by atoms with Crippen molar-refractivity contribution < 1.29 is 14.3 Å². The normalized spacial score (nSPS) is 9.88. The zero-order chi connectivity index (χ0) is 17.4. The van der Waals surface area contributed by atoms with Crippen LogP contribution >= 0.6 is 23.6 Å². The van der Waals surface area contributed by atoms with Crippen LogP contribution in [0.3, 0.4) is 0 Å². The molecule has 24 heavy (non-hydrogen) atoms. The maximum absolute atomic E-state index is 12.1. The largest absolute Gasteiger partial charge is 0.494 e. The zero-order valence-electron chi connectivity index (χ0n) is 13.0. The fourth-order valence-corrected chi connectivity index (χ4v) is 2.50. The molecule has 8 heteroatoms. The van der Waals surface area contributed by atoms with Gasteiger partial charge in [0.15, 0.2) is 5.11 Å². The van der Waals surface area contributed by atoms with Crippen molar-refractivity contribution in [1.29, 1.82) is 0 Å². The number of benzene rings is 1. The van der Waals surface area contributed by atoms with E-state index >= 15 is 0 Å². The van der Waals surface area contributed by atoms with Gasteiger partial charge in [0.1, 0.15) is 5.75 Å². The van der Waals surface area contributed by atoms with Gasteiger partial charge in [-0.2, -0.15) is 0 Å². The van der Waals surface area contributed by atoms with Gasteiger partial charge >= 0.3 is 0 Å². The molecule has 126 valence electrons. The number of thiophene rings is 1. The summed E-state index contributed by atoms with van der Waals surface area (Å²) < 4.78 is 5.49. The lowest BCUT2D eigenvalue weighted by Crippen LogP contribution is -2.48. The predicted octanol–water partition coefficient (Wildman–Crippen LogP) is 2.49. The highest BCUT2D eigenvalue weighted by atomic mass is 32.1. The number of carbonyl (C=O) groups is 2. The zero-order valence-corrected chi connectivity index (χ0v) is 14.6. The number of carbonyl (C=O) groups excluding carboxylic acids is 2. The number of ether oxygens (including phenoxy) is 1. The number of rotatable bonds is 5. The number of nitrogens with one attached hydrogen (secondary N) is 3. The first-order valence-electron chi connectivity index (χ1n) is 7.28. The molecule has 0 aliphatic rings. The van der Waals surface area contributed by atoms with Crippen LogP contribution in [0.25, 0.3) is 0 Å². The number of amides is 2. The van der Waals surface area contributed by atoms with E-state index < -0.39 is 0 Å². The molecule has 0 atom stereocenters. The number of hydrazine groups is 1. The lowest BCUT2D eigenvalue weighted by molar-refractivity contribution is 0.0938. The molecule has 0 bridgehead atoms. The van der Waals surface area contributed by atoms with Gasteiger partial charge in [0.05, 0.1) is 11.5 Å². The first-order valence-corrected chi connectivity index (χ1v) is 8.57. The monoisotopic (exact) mass is 363 g/mol. The van der Waals surface area contributed by atoms with Crippen LogP contribution in [0, 0.1) is 0 Å². The Morgan fingerprint density at radius 3 is 2.71 bits per heavy atom. The van der Waals surface area contributed by atoms with Crippen molar-refractivity contribution in [3.8, 4) is 5.75 Å². The summed E-state index contributed by atoms with van der Waals surface area (Å²) in [4.78, 5) is 24.4. The molecule has 2 rings (SSSR count). The van der Waals surface area contributed by atoms with Gasteiger partial charge in [0.25, 0.3) is 11.8 Å². The molecule has 0 aliphatic heterocycles. The number of hydrogen-bond donors (Lipinski definition) is 3. The third-order valence-electron chi connectivity index (χ3n) is 2.83. The molecular formula is C16H17N3O3S2. The first kappa shape index (κ1) is 17.9. The summed E-state index contributed by atoms with van der Waals surface area (Å²) >= 11 is 6.30. The average Bonchev–Trinajstić information content (AvgIpc) is 3.12. The third kappa shape index (κ3) is 5.32. The van der Waals surface area contributed by atoms with Gasteiger partial charge in [-0.3, -0.25) is 25.8 Å². The molecule has 0 fully saturated rings. The fraction of sp³-hybridized carbons (Fsp3) is 0.188. The molecule has 1 heterocycles. The number of hydrogen-bond acceptors (Lipinski definition) is 5. The van der Waals surface area contributed by atoms with Crippen molar-refractivity contribution in [2.24, 2.45) is 0 Å². The van der Waals surface area contributed by atoms with Gasteiger partial charge in [0, 0.05) is 5.56 Å². The highest BCUT2D eigenvalue weighted by Crippen LogP contribution is 2.13. The minimum absolute atomic E-state index is 0.00443. The molecule has 2 aromatic rings. The third-order valence-corrected chi connectivity index (χ3v) is 3.90. The molecule has 0 unspecified atom stereocenters. The minimum atomic E-state index is -0.389. The van der Waals surface area contributed by atoms with E-state index in [0.717, 1.165) is 6.42 Å². The molecule has 0 saturated heterocycles. The van der Waals surface area contributed by atoms with Gasteiger partial charge in [-0.05, 0) is 48.3 Å². The van der Waals surface area contributed by atoms with Crippen molar-refractivity contribution in [2.75, 3.05) is 6.61 Å². The van der Waals surface area contributed by atoms with Crippen LogP contribution in [-0.4, -0.2) is 23.5 Å². The molecule has 0 saturated carbocycles.